The van der Waals surface area contributed by atoms with Gasteiger partial charge < -0.3 is 15.3 Å². The van der Waals surface area contributed by atoms with Crippen LogP contribution in [0.15, 0.2) is 0 Å². The molecular weight excluding hydrogens is 224 g/mol. The van der Waals surface area contributed by atoms with Gasteiger partial charge in [0.05, 0.1) is 6.61 Å². The molecule has 0 aromatic heterocycles. The van der Waals surface area contributed by atoms with Gasteiger partial charge in [-0.2, -0.15) is 0 Å². The number of nitrogens with one attached hydrogen (secondary N) is 1. The molecule has 1 saturated heterocycles. The Morgan fingerprint density at radius 2 is 1.94 bits per heavy atom. The van der Waals surface area contributed by atoms with Crippen molar-refractivity contribution in [1.82, 2.24) is 10.2 Å². The van der Waals surface area contributed by atoms with Crippen LogP contribution in [0.3, 0.4) is 0 Å². The van der Waals surface area contributed by atoms with Crippen LogP contribution in [-0.4, -0.2) is 47.8 Å². The lowest BCUT2D eigenvalue weighted by Crippen LogP contribution is -2.49. The molecule has 2 aliphatic rings. The molecule has 2 rings (SSSR count). The van der Waals surface area contributed by atoms with Gasteiger partial charge in [-0.1, -0.05) is 13.3 Å². The van der Waals surface area contributed by atoms with E-state index in [1.54, 1.807) is 0 Å². The summed E-state index contributed by atoms with van der Waals surface area (Å²) in [6, 6.07) is 0.687. The van der Waals surface area contributed by atoms with Crippen molar-refractivity contribution in [2.45, 2.75) is 69.9 Å². The van der Waals surface area contributed by atoms with Gasteiger partial charge in [-0.3, -0.25) is 0 Å². The van der Waals surface area contributed by atoms with Gasteiger partial charge in [-0.25, -0.2) is 0 Å². The molecule has 0 aromatic rings. The maximum Gasteiger partial charge on any atom is 0.0613 e. The fraction of sp³-hybridized carbons (Fsp3) is 1.00. The van der Waals surface area contributed by atoms with Crippen molar-refractivity contribution in [3.63, 3.8) is 0 Å². The molecule has 0 bridgehead atoms. The van der Waals surface area contributed by atoms with Crippen molar-refractivity contribution in [2.24, 2.45) is 0 Å². The van der Waals surface area contributed by atoms with E-state index in [0.717, 1.165) is 12.8 Å². The number of piperidine rings is 1. The molecule has 106 valence electrons. The maximum atomic E-state index is 9.71. The van der Waals surface area contributed by atoms with Gasteiger partial charge in [0, 0.05) is 11.6 Å². The summed E-state index contributed by atoms with van der Waals surface area (Å²) in [6.45, 7) is 6.28. The first-order valence-corrected chi connectivity index (χ1v) is 7.89. The van der Waals surface area contributed by atoms with Crippen LogP contribution >= 0.6 is 0 Å². The predicted molar refractivity (Wildman–Crippen MR) is 75.8 cm³/mol. The van der Waals surface area contributed by atoms with Gasteiger partial charge in [-0.05, 0) is 64.6 Å². The lowest BCUT2D eigenvalue weighted by atomic mass is 9.90. The van der Waals surface area contributed by atoms with Crippen LogP contribution < -0.4 is 5.32 Å². The highest BCUT2D eigenvalue weighted by molar-refractivity contribution is 4.94. The second-order valence-corrected chi connectivity index (χ2v) is 6.22. The van der Waals surface area contributed by atoms with E-state index in [4.69, 9.17) is 0 Å². The first kappa shape index (κ1) is 14.3. The van der Waals surface area contributed by atoms with E-state index in [9.17, 15) is 5.11 Å². The van der Waals surface area contributed by atoms with Gasteiger partial charge in [0.2, 0.25) is 0 Å². The zero-order valence-electron chi connectivity index (χ0n) is 12.0. The Bertz CT molecular complexity index is 231. The lowest BCUT2D eigenvalue weighted by molar-refractivity contribution is 0.133. The topological polar surface area (TPSA) is 35.5 Å². The number of likely N-dealkylation sites (tertiary alicyclic amines) is 1. The first-order chi connectivity index (χ1) is 8.78. The number of hydrogen-bond donors (Lipinski definition) is 2. The van der Waals surface area contributed by atoms with Gasteiger partial charge in [0.1, 0.15) is 0 Å². The molecule has 1 saturated carbocycles. The number of rotatable bonds is 8. The normalized spacial score (nSPS) is 25.0. The summed E-state index contributed by atoms with van der Waals surface area (Å²) < 4.78 is 0. The molecule has 0 aromatic carbocycles. The molecule has 1 aliphatic heterocycles. The number of aliphatic hydroxyl groups is 1. The number of aliphatic hydroxyl groups excluding tert-OH is 1. The van der Waals surface area contributed by atoms with Gasteiger partial charge >= 0.3 is 0 Å². The molecule has 3 heteroatoms. The molecule has 0 spiro atoms. The molecule has 1 unspecified atom stereocenters. The molecular formula is C15H30N2O. The van der Waals surface area contributed by atoms with Crippen LogP contribution in [-0.2, 0) is 0 Å². The second kappa shape index (κ2) is 6.88. The first-order valence-electron chi connectivity index (χ1n) is 7.89. The second-order valence-electron chi connectivity index (χ2n) is 6.22. The zero-order valence-corrected chi connectivity index (χ0v) is 12.0. The summed E-state index contributed by atoms with van der Waals surface area (Å²) in [5.41, 5.74) is -0.00302. The summed E-state index contributed by atoms with van der Waals surface area (Å²) in [7, 11) is 0. The zero-order chi connectivity index (χ0) is 12.8. The Balaban J connectivity index is 1.70. The fourth-order valence-corrected chi connectivity index (χ4v) is 3.07. The quantitative estimate of drug-likeness (QED) is 0.696. The van der Waals surface area contributed by atoms with Gasteiger partial charge in [0.15, 0.2) is 0 Å². The Hall–Kier alpha value is -0.120. The monoisotopic (exact) mass is 254 g/mol. The van der Waals surface area contributed by atoms with Crippen LogP contribution in [0.25, 0.3) is 0 Å². The fourth-order valence-electron chi connectivity index (χ4n) is 3.07. The van der Waals surface area contributed by atoms with Crippen molar-refractivity contribution in [3.8, 4) is 0 Å². The van der Waals surface area contributed by atoms with E-state index in [-0.39, 0.29) is 5.54 Å². The molecule has 2 N–H and O–H groups in total. The van der Waals surface area contributed by atoms with Gasteiger partial charge in [0.25, 0.3) is 0 Å². The van der Waals surface area contributed by atoms with E-state index in [0.29, 0.717) is 12.6 Å². The van der Waals surface area contributed by atoms with Crippen molar-refractivity contribution in [1.29, 1.82) is 0 Å². The molecule has 3 nitrogen and oxygen atoms in total. The van der Waals surface area contributed by atoms with Crippen molar-refractivity contribution < 1.29 is 5.11 Å². The average molecular weight is 254 g/mol. The molecule has 1 atom stereocenters. The molecule has 1 aliphatic carbocycles. The highest BCUT2D eigenvalue weighted by Crippen LogP contribution is 2.27. The standard InChI is InChI=1S/C15H30N2O/c1-2-15(13-18,16-14-7-8-14)9-6-12-17-10-4-3-5-11-17/h14,16,18H,2-13H2,1H3. The molecule has 0 radical (unpaired) electrons. The lowest BCUT2D eigenvalue weighted by Gasteiger charge is -2.34. The van der Waals surface area contributed by atoms with Crippen LogP contribution in [0.2, 0.25) is 0 Å². The smallest absolute Gasteiger partial charge is 0.0613 e. The molecule has 18 heavy (non-hydrogen) atoms. The highest BCUT2D eigenvalue weighted by atomic mass is 16.3. The minimum absolute atomic E-state index is 0.00302. The van der Waals surface area contributed by atoms with Crippen LogP contribution in [0.1, 0.15) is 58.3 Å². The SMILES string of the molecule is CCC(CO)(CCCN1CCCCC1)NC1CC1. The third-order valence-corrected chi connectivity index (χ3v) is 4.65. The third-order valence-electron chi connectivity index (χ3n) is 4.65. The summed E-state index contributed by atoms with van der Waals surface area (Å²) in [5.74, 6) is 0. The maximum absolute atomic E-state index is 9.71. The van der Waals surface area contributed by atoms with Crippen LogP contribution in [0.4, 0.5) is 0 Å². The van der Waals surface area contributed by atoms with Crippen molar-refractivity contribution in [2.75, 3.05) is 26.2 Å². The Labute approximate surface area is 112 Å². The summed E-state index contributed by atoms with van der Waals surface area (Å²) in [5, 5.41) is 13.4. The van der Waals surface area contributed by atoms with E-state index in [2.05, 4.69) is 17.1 Å². The Morgan fingerprint density at radius 3 is 2.50 bits per heavy atom. The summed E-state index contributed by atoms with van der Waals surface area (Å²) in [4.78, 5) is 2.60. The molecule has 1 heterocycles. The third kappa shape index (κ3) is 4.22. The Morgan fingerprint density at radius 1 is 1.22 bits per heavy atom. The molecule has 2 fully saturated rings. The number of nitrogens with zero attached hydrogens (tertiary/aromatic N) is 1. The van der Waals surface area contributed by atoms with Crippen molar-refractivity contribution in [3.05, 3.63) is 0 Å². The van der Waals surface area contributed by atoms with Crippen LogP contribution in [0, 0.1) is 0 Å². The number of hydrogen-bond acceptors (Lipinski definition) is 3. The minimum Gasteiger partial charge on any atom is -0.394 e. The average Bonchev–Trinajstić information content (AvgIpc) is 3.23. The summed E-state index contributed by atoms with van der Waals surface area (Å²) in [6.07, 6.45) is 10.1. The van der Waals surface area contributed by atoms with E-state index >= 15 is 0 Å². The van der Waals surface area contributed by atoms with E-state index in [1.165, 1.54) is 58.2 Å². The summed E-state index contributed by atoms with van der Waals surface area (Å²) >= 11 is 0. The Kier molecular flexibility index (Phi) is 5.46. The molecule has 0 amide bonds. The predicted octanol–water partition coefficient (Wildman–Crippen LogP) is 2.15. The highest BCUT2D eigenvalue weighted by Gasteiger charge is 2.33. The van der Waals surface area contributed by atoms with Gasteiger partial charge in [-0.15, -0.1) is 0 Å². The largest absolute Gasteiger partial charge is 0.394 e. The minimum atomic E-state index is -0.00302. The van der Waals surface area contributed by atoms with Crippen LogP contribution in [0.5, 0.6) is 0 Å². The van der Waals surface area contributed by atoms with Crippen molar-refractivity contribution >= 4 is 0 Å². The van der Waals surface area contributed by atoms with E-state index in [1.807, 2.05) is 0 Å². The van der Waals surface area contributed by atoms with E-state index < -0.39 is 0 Å².